The van der Waals surface area contributed by atoms with Crippen molar-refractivity contribution in [2.24, 2.45) is 0 Å². The Morgan fingerprint density at radius 2 is 2.29 bits per heavy atom. The topological polar surface area (TPSA) is 20.2 Å². The van der Waals surface area contributed by atoms with Gasteiger partial charge in [-0.15, -0.1) is 0 Å². The lowest BCUT2D eigenvalue weighted by molar-refractivity contribution is -0.870. The number of hydrogen-bond acceptors (Lipinski definition) is 1. The minimum atomic E-state index is -3.71. The number of nitrogens with zero attached hydrogens (tertiary/aromatic N) is 1. The predicted octanol–water partition coefficient (Wildman–Crippen LogP) is -0.315. The minimum Gasteiger partial charge on any atom is -0.391 e. The molecule has 0 aliphatic rings. The number of hydrogen-bond donors (Lipinski definition) is 1. The number of aliphatic hydroxyl groups is 1. The van der Waals surface area contributed by atoms with E-state index in [1.54, 1.807) is 0 Å². The Morgan fingerprint density at radius 1 is 1.71 bits per heavy atom. The average Bonchev–Trinajstić information content (AvgIpc) is 1.94. The highest BCUT2D eigenvalue weighted by Crippen LogP contribution is 1.84. The van der Waals surface area contributed by atoms with Crippen LogP contribution in [0.5, 0.6) is 0 Å². The Labute approximate surface area is 60.4 Å². The summed E-state index contributed by atoms with van der Waals surface area (Å²) in [6.45, 7) is -16.1. The van der Waals surface area contributed by atoms with E-state index in [0.717, 1.165) is 0 Å². The zero-order valence-corrected chi connectivity index (χ0v) is 3.60. The molecular weight excluding hydrogens is 91.1 g/mol. The molecule has 0 unspecified atom stereocenters. The molecule has 0 heterocycles. The van der Waals surface area contributed by atoms with E-state index in [4.69, 9.17) is 20.2 Å². The van der Waals surface area contributed by atoms with Gasteiger partial charge in [0.05, 0.1) is 42.6 Å². The number of aliphatic hydroxyl groups excluding tert-OH is 1. The Bertz CT molecular complexity index is 262. The fourth-order valence-electron chi connectivity index (χ4n) is 0.106. The van der Waals surface area contributed by atoms with Gasteiger partial charge in [-0.1, -0.05) is 0 Å². The maximum atomic E-state index is 8.88. The fraction of sp³-hybridized carbons (Fsp3) is 1.00. The first-order chi connectivity index (χ1) is 7.56. The van der Waals surface area contributed by atoms with Crippen molar-refractivity contribution < 1.29 is 24.7 Å². The molecule has 0 fully saturated rings. The van der Waals surface area contributed by atoms with E-state index in [0.29, 0.717) is 0 Å². The summed E-state index contributed by atoms with van der Waals surface area (Å²) in [4.78, 5) is 0. The van der Waals surface area contributed by atoms with Crippen LogP contribution >= 0.6 is 0 Å². The van der Waals surface area contributed by atoms with Crippen molar-refractivity contribution in [3.8, 4) is 0 Å². The van der Waals surface area contributed by atoms with Gasteiger partial charge in [0.15, 0.2) is 0 Å². The molecule has 0 atom stereocenters. The van der Waals surface area contributed by atoms with E-state index in [-0.39, 0.29) is 0 Å². The van der Waals surface area contributed by atoms with Gasteiger partial charge in [0.2, 0.25) is 0 Å². The van der Waals surface area contributed by atoms with E-state index in [1.165, 1.54) is 0 Å². The molecule has 0 aliphatic carbocycles. The van der Waals surface area contributed by atoms with Gasteiger partial charge in [-0.2, -0.15) is 0 Å². The summed E-state index contributed by atoms with van der Waals surface area (Å²) in [5.41, 5.74) is 0. The van der Waals surface area contributed by atoms with Crippen LogP contribution in [0.15, 0.2) is 0 Å². The van der Waals surface area contributed by atoms with Crippen LogP contribution in [0.1, 0.15) is 15.1 Å². The van der Waals surface area contributed by atoms with Crippen LogP contribution < -0.4 is 0 Å². The average molecular weight is 116 g/mol. The van der Waals surface area contributed by atoms with E-state index in [9.17, 15) is 0 Å². The van der Waals surface area contributed by atoms with E-state index < -0.39 is 38.5 Å². The molecule has 0 saturated carbocycles. The first-order valence-electron chi connectivity index (χ1n) is 7.06. The van der Waals surface area contributed by atoms with Crippen LogP contribution in [0, 0.1) is 0 Å². The Hall–Kier alpha value is -0.0800. The second kappa shape index (κ2) is 2.28. The van der Waals surface area contributed by atoms with Gasteiger partial charge in [0.1, 0.15) is 6.50 Å². The Morgan fingerprint density at radius 3 is 2.43 bits per heavy atom. The molecule has 0 aliphatic heterocycles. The first-order valence-corrected chi connectivity index (χ1v) is 1.56. The summed E-state index contributed by atoms with van der Waals surface area (Å²) in [5, 5.41) is 8.88. The molecule has 1 N–H and O–H groups in total. The molecular formula is C5H14NO+. The van der Waals surface area contributed by atoms with Crippen molar-refractivity contribution in [1.29, 1.82) is 0 Å². The molecule has 0 saturated heterocycles. The summed E-state index contributed by atoms with van der Waals surface area (Å²) in [5.74, 6) is 0. The lowest BCUT2D eigenvalue weighted by Crippen LogP contribution is -2.36. The van der Waals surface area contributed by atoms with Crippen molar-refractivity contribution >= 4 is 0 Å². The monoisotopic (exact) mass is 116 g/mol. The van der Waals surface area contributed by atoms with Crippen molar-refractivity contribution in [2.75, 3.05) is 34.0 Å². The second-order valence-corrected chi connectivity index (χ2v) is 0.987. The molecule has 0 spiro atoms. The zero-order chi connectivity index (χ0) is 15.2. The third-order valence-corrected chi connectivity index (χ3v) is 0.308. The number of likely N-dealkylation sites (N-methyl/N-ethyl adjacent to an activating group) is 1. The normalized spacial score (nSPS) is 42.7. The van der Waals surface area contributed by atoms with Crippen LogP contribution in [-0.2, 0) is 0 Å². The molecule has 0 bridgehead atoms. The van der Waals surface area contributed by atoms with Crippen molar-refractivity contribution in [3.05, 3.63) is 0 Å². The maximum absolute atomic E-state index is 8.88. The summed E-state index contributed by atoms with van der Waals surface area (Å²) >= 11 is 0. The lowest BCUT2D eigenvalue weighted by atomic mass is 10.8. The number of quaternary nitrogens is 1. The van der Waals surface area contributed by atoms with Crippen LogP contribution in [0.3, 0.4) is 0 Å². The molecule has 2 nitrogen and oxygen atoms in total. The smallest absolute Gasteiger partial charge is 0.101 e. The molecule has 7 heavy (non-hydrogen) atoms. The summed E-state index contributed by atoms with van der Waals surface area (Å²) in [7, 11) is 0. The van der Waals surface area contributed by atoms with E-state index in [2.05, 4.69) is 0 Å². The van der Waals surface area contributed by atoms with Gasteiger partial charge in [-0.3, -0.25) is 0 Å². The molecule has 0 aromatic rings. The van der Waals surface area contributed by atoms with E-state index >= 15 is 0 Å². The molecule has 0 aromatic heterocycles. The van der Waals surface area contributed by atoms with Gasteiger partial charge in [0.25, 0.3) is 0 Å². The summed E-state index contributed by atoms with van der Waals surface area (Å²) in [6.07, 6.45) is 0. The fourth-order valence-corrected chi connectivity index (χ4v) is 0.106. The van der Waals surface area contributed by atoms with Gasteiger partial charge in [-0.05, 0) is 0 Å². The lowest BCUT2D eigenvalue weighted by Gasteiger charge is -2.21. The van der Waals surface area contributed by atoms with Crippen LogP contribution in [0.25, 0.3) is 0 Å². The van der Waals surface area contributed by atoms with Crippen LogP contribution in [0.2, 0.25) is 0 Å². The van der Waals surface area contributed by atoms with Crippen LogP contribution in [-0.4, -0.2) is 43.6 Å². The second-order valence-electron chi connectivity index (χ2n) is 0.987. The summed E-state index contributed by atoms with van der Waals surface area (Å²) < 4.78 is 76.2. The van der Waals surface area contributed by atoms with Crippen molar-refractivity contribution in [2.45, 2.75) is 0 Å². The first kappa shape index (κ1) is 0.847. The SMILES string of the molecule is [2H]C([2H])([2H])[N+](C([2H])([2H])[2H])(C([2H])([2H])[2H])[13C]([2H])([2H])CO. The maximum Gasteiger partial charge on any atom is 0.101 e. The minimum absolute atomic E-state index is 1.55. The quantitative estimate of drug-likeness (QED) is 0.387. The molecule has 0 radical (unpaired) electrons. The Kier molecular flexibility index (Phi) is 0.276. The van der Waals surface area contributed by atoms with Gasteiger partial charge >= 0.3 is 0 Å². The third-order valence-electron chi connectivity index (χ3n) is 0.308. The Balaban J connectivity index is 6.47. The largest absolute Gasteiger partial charge is 0.391 e. The highest BCUT2D eigenvalue weighted by molar-refractivity contribution is 4.19. The van der Waals surface area contributed by atoms with Gasteiger partial charge in [-0.25, -0.2) is 0 Å². The molecule has 2 heteroatoms. The third kappa shape index (κ3) is 5.92. The van der Waals surface area contributed by atoms with Gasteiger partial charge in [0, 0.05) is 0 Å². The van der Waals surface area contributed by atoms with Crippen LogP contribution in [0.4, 0.5) is 0 Å². The predicted molar refractivity (Wildman–Crippen MR) is 30.0 cm³/mol. The molecule has 44 valence electrons. The molecule has 0 aromatic carbocycles. The van der Waals surface area contributed by atoms with Gasteiger partial charge < -0.3 is 9.59 Å². The standard InChI is InChI=1S/C5H14NO/c1-6(2,3)4-5-7/h7H,4-5H2,1-3H3/q+1/i1D3,2D3,3D3,4+1D2. The van der Waals surface area contributed by atoms with Crippen molar-refractivity contribution in [1.82, 2.24) is 0 Å². The zero-order valence-electron chi connectivity index (χ0n) is 14.6. The highest BCUT2D eigenvalue weighted by atomic mass is 16.3. The highest BCUT2D eigenvalue weighted by Gasteiger charge is 2.02. The molecule has 0 amide bonds. The summed E-state index contributed by atoms with van der Waals surface area (Å²) in [6, 6.07) is 0. The molecule has 0 rings (SSSR count). The van der Waals surface area contributed by atoms with E-state index in [1.807, 2.05) is 0 Å². The number of rotatable bonds is 2. The van der Waals surface area contributed by atoms with Crippen molar-refractivity contribution in [3.63, 3.8) is 0 Å².